The number of nitrogens with one attached hydrogen (secondary N) is 1. The maximum Gasteiger partial charge on any atom is 0.107 e. The topological polar surface area (TPSA) is 54.7 Å². The van der Waals surface area contributed by atoms with Crippen LogP contribution in [0.1, 0.15) is 31.7 Å². The number of aromatic nitrogens is 2. The Bertz CT molecular complexity index is 471. The highest BCUT2D eigenvalue weighted by atomic mass is 14.9. The normalized spacial score (nSPS) is 11.5. The number of para-hydroxylation sites is 1. The number of hydrogen-bond donors (Lipinski definition) is 2. The predicted molar refractivity (Wildman–Crippen MR) is 67.1 cm³/mol. The molecule has 0 atom stereocenters. The minimum atomic E-state index is 0.547. The van der Waals surface area contributed by atoms with E-state index in [1.807, 2.05) is 12.1 Å². The molecule has 3 nitrogen and oxygen atoms in total. The van der Waals surface area contributed by atoms with Crippen molar-refractivity contribution >= 4 is 11.0 Å². The molecule has 86 valence electrons. The Morgan fingerprint density at radius 1 is 1.38 bits per heavy atom. The summed E-state index contributed by atoms with van der Waals surface area (Å²) in [5.41, 5.74) is 8.94. The van der Waals surface area contributed by atoms with Crippen molar-refractivity contribution < 1.29 is 0 Å². The maximum atomic E-state index is 5.69. The molecule has 0 unspecified atom stereocenters. The SMILES string of the molecule is CC(C)CCc1nc2c(CN)cccc2[nH]1. The van der Waals surface area contributed by atoms with E-state index in [9.17, 15) is 0 Å². The van der Waals surface area contributed by atoms with Crippen molar-refractivity contribution in [1.29, 1.82) is 0 Å². The fraction of sp³-hybridized carbons (Fsp3) is 0.462. The highest BCUT2D eigenvalue weighted by Crippen LogP contribution is 2.17. The van der Waals surface area contributed by atoms with E-state index in [4.69, 9.17) is 5.73 Å². The van der Waals surface area contributed by atoms with Crippen LogP contribution in [-0.2, 0) is 13.0 Å². The summed E-state index contributed by atoms with van der Waals surface area (Å²) in [6.45, 7) is 5.01. The van der Waals surface area contributed by atoms with Crippen molar-refractivity contribution in [2.75, 3.05) is 0 Å². The van der Waals surface area contributed by atoms with E-state index in [0.717, 1.165) is 35.3 Å². The number of hydrogen-bond acceptors (Lipinski definition) is 2. The average Bonchev–Trinajstić information content (AvgIpc) is 2.68. The third-order valence-corrected chi connectivity index (χ3v) is 2.82. The van der Waals surface area contributed by atoms with Crippen molar-refractivity contribution in [2.45, 2.75) is 33.2 Å². The second kappa shape index (κ2) is 4.66. The van der Waals surface area contributed by atoms with Gasteiger partial charge in [-0.2, -0.15) is 0 Å². The molecule has 0 bridgehead atoms. The Balaban J connectivity index is 2.29. The van der Waals surface area contributed by atoms with Crippen LogP contribution in [0.4, 0.5) is 0 Å². The van der Waals surface area contributed by atoms with E-state index in [0.29, 0.717) is 12.5 Å². The summed E-state index contributed by atoms with van der Waals surface area (Å²) in [5.74, 6) is 1.78. The number of benzene rings is 1. The van der Waals surface area contributed by atoms with E-state index >= 15 is 0 Å². The lowest BCUT2D eigenvalue weighted by Gasteiger charge is -2.00. The molecule has 1 aromatic heterocycles. The van der Waals surface area contributed by atoms with Crippen LogP contribution in [0, 0.1) is 5.92 Å². The van der Waals surface area contributed by atoms with Crippen molar-refractivity contribution in [3.63, 3.8) is 0 Å². The van der Waals surface area contributed by atoms with Gasteiger partial charge in [0.2, 0.25) is 0 Å². The molecule has 0 aliphatic heterocycles. The summed E-state index contributed by atoms with van der Waals surface area (Å²) in [4.78, 5) is 7.98. The van der Waals surface area contributed by atoms with Crippen LogP contribution in [-0.4, -0.2) is 9.97 Å². The predicted octanol–water partition coefficient (Wildman–Crippen LogP) is 2.61. The van der Waals surface area contributed by atoms with E-state index in [1.54, 1.807) is 0 Å². The first kappa shape index (κ1) is 11.1. The van der Waals surface area contributed by atoms with E-state index in [1.165, 1.54) is 0 Å². The van der Waals surface area contributed by atoms with Gasteiger partial charge in [-0.1, -0.05) is 26.0 Å². The van der Waals surface area contributed by atoms with E-state index in [2.05, 4.69) is 29.9 Å². The first-order valence-electron chi connectivity index (χ1n) is 5.87. The molecule has 0 radical (unpaired) electrons. The summed E-state index contributed by atoms with van der Waals surface area (Å²) in [5, 5.41) is 0. The number of nitrogens with two attached hydrogens (primary N) is 1. The maximum absolute atomic E-state index is 5.69. The number of rotatable bonds is 4. The molecule has 2 aromatic rings. The third kappa shape index (κ3) is 2.25. The molecule has 3 N–H and O–H groups in total. The zero-order chi connectivity index (χ0) is 11.5. The van der Waals surface area contributed by atoms with Gasteiger partial charge >= 0.3 is 0 Å². The number of nitrogens with zero attached hydrogens (tertiary/aromatic N) is 1. The standard InChI is InChI=1S/C13H19N3/c1-9(2)6-7-12-15-11-5-3-4-10(8-14)13(11)16-12/h3-5,9H,6-8,14H2,1-2H3,(H,15,16). The monoisotopic (exact) mass is 217 g/mol. The lowest BCUT2D eigenvalue weighted by molar-refractivity contribution is 0.577. The number of H-pyrrole nitrogens is 1. The quantitative estimate of drug-likeness (QED) is 0.827. The first-order valence-corrected chi connectivity index (χ1v) is 5.87. The molecule has 1 heterocycles. The summed E-state index contributed by atoms with van der Waals surface area (Å²) in [7, 11) is 0. The van der Waals surface area contributed by atoms with Gasteiger partial charge in [-0.25, -0.2) is 4.98 Å². The van der Waals surface area contributed by atoms with Gasteiger partial charge in [0.05, 0.1) is 11.0 Å². The lowest BCUT2D eigenvalue weighted by Crippen LogP contribution is -1.97. The van der Waals surface area contributed by atoms with Gasteiger partial charge < -0.3 is 10.7 Å². The van der Waals surface area contributed by atoms with Crippen LogP contribution in [0.3, 0.4) is 0 Å². The van der Waals surface area contributed by atoms with Crippen molar-refractivity contribution in [3.8, 4) is 0 Å². The highest BCUT2D eigenvalue weighted by Gasteiger charge is 2.06. The number of aromatic amines is 1. The molecule has 0 saturated heterocycles. The Morgan fingerprint density at radius 2 is 2.19 bits per heavy atom. The van der Waals surface area contributed by atoms with Gasteiger partial charge in [0.1, 0.15) is 5.82 Å². The van der Waals surface area contributed by atoms with Crippen molar-refractivity contribution in [1.82, 2.24) is 9.97 Å². The molecule has 1 aromatic carbocycles. The van der Waals surface area contributed by atoms with Gasteiger partial charge in [-0.3, -0.25) is 0 Å². The molecule has 3 heteroatoms. The zero-order valence-electron chi connectivity index (χ0n) is 9.96. The Kier molecular flexibility index (Phi) is 3.25. The van der Waals surface area contributed by atoms with Gasteiger partial charge in [-0.15, -0.1) is 0 Å². The fourth-order valence-corrected chi connectivity index (χ4v) is 1.85. The molecule has 0 amide bonds. The fourth-order valence-electron chi connectivity index (χ4n) is 1.85. The van der Waals surface area contributed by atoms with Gasteiger partial charge in [-0.05, 0) is 24.0 Å². The molecule has 0 aliphatic rings. The van der Waals surface area contributed by atoms with Crippen molar-refractivity contribution in [3.05, 3.63) is 29.6 Å². The Labute approximate surface area is 96.1 Å². The summed E-state index contributed by atoms with van der Waals surface area (Å²) < 4.78 is 0. The second-order valence-corrected chi connectivity index (χ2v) is 4.63. The minimum absolute atomic E-state index is 0.547. The van der Waals surface area contributed by atoms with Gasteiger partial charge in [0.15, 0.2) is 0 Å². The lowest BCUT2D eigenvalue weighted by atomic mass is 10.1. The zero-order valence-corrected chi connectivity index (χ0v) is 9.96. The van der Waals surface area contributed by atoms with Crippen LogP contribution in [0.15, 0.2) is 18.2 Å². The summed E-state index contributed by atoms with van der Waals surface area (Å²) in [6, 6.07) is 6.12. The first-order chi connectivity index (χ1) is 7.70. The molecular formula is C13H19N3. The Morgan fingerprint density at radius 3 is 2.88 bits per heavy atom. The van der Waals surface area contributed by atoms with Crippen LogP contribution >= 0.6 is 0 Å². The Hall–Kier alpha value is -1.35. The largest absolute Gasteiger partial charge is 0.342 e. The number of imidazole rings is 1. The van der Waals surface area contributed by atoms with Crippen LogP contribution in [0.2, 0.25) is 0 Å². The number of fused-ring (bicyclic) bond motifs is 1. The van der Waals surface area contributed by atoms with Crippen LogP contribution in [0.5, 0.6) is 0 Å². The summed E-state index contributed by atoms with van der Waals surface area (Å²) >= 11 is 0. The molecule has 16 heavy (non-hydrogen) atoms. The molecule has 2 rings (SSSR count). The summed E-state index contributed by atoms with van der Waals surface area (Å²) in [6.07, 6.45) is 2.17. The van der Waals surface area contributed by atoms with Crippen molar-refractivity contribution in [2.24, 2.45) is 11.7 Å². The minimum Gasteiger partial charge on any atom is -0.342 e. The number of aryl methyl sites for hydroxylation is 1. The highest BCUT2D eigenvalue weighted by molar-refractivity contribution is 5.78. The van der Waals surface area contributed by atoms with Gasteiger partial charge in [0.25, 0.3) is 0 Å². The third-order valence-electron chi connectivity index (χ3n) is 2.82. The molecular weight excluding hydrogens is 198 g/mol. The van der Waals surface area contributed by atoms with Crippen LogP contribution < -0.4 is 5.73 Å². The molecule has 0 fully saturated rings. The van der Waals surface area contributed by atoms with Crippen LogP contribution in [0.25, 0.3) is 11.0 Å². The van der Waals surface area contributed by atoms with Gasteiger partial charge in [0, 0.05) is 13.0 Å². The smallest absolute Gasteiger partial charge is 0.107 e. The molecule has 0 saturated carbocycles. The molecule has 0 spiro atoms. The van der Waals surface area contributed by atoms with E-state index in [-0.39, 0.29) is 0 Å². The second-order valence-electron chi connectivity index (χ2n) is 4.63. The average molecular weight is 217 g/mol. The molecule has 0 aliphatic carbocycles. The van der Waals surface area contributed by atoms with E-state index < -0.39 is 0 Å².